The highest BCUT2D eigenvalue weighted by molar-refractivity contribution is 6.03. The number of amidine groups is 1. The maximum absolute atomic E-state index is 11.8. The van der Waals surface area contributed by atoms with Crippen molar-refractivity contribution in [2.24, 2.45) is 21.8 Å². The number of rotatable bonds is 10. The van der Waals surface area contributed by atoms with E-state index in [4.69, 9.17) is 15.7 Å². The van der Waals surface area contributed by atoms with Gasteiger partial charge in [0, 0.05) is 25.1 Å². The van der Waals surface area contributed by atoms with Gasteiger partial charge in [-0.3, -0.25) is 14.6 Å². The number of aliphatic carboxylic acids is 1. The first-order chi connectivity index (χ1) is 13.3. The van der Waals surface area contributed by atoms with Crippen LogP contribution < -0.4 is 11.1 Å². The smallest absolute Gasteiger partial charge is 0.305 e. The van der Waals surface area contributed by atoms with Crippen molar-refractivity contribution in [2.75, 3.05) is 13.1 Å². The van der Waals surface area contributed by atoms with Crippen LogP contribution >= 0.6 is 0 Å². The molecule has 2 rings (SSSR count). The first-order valence-corrected chi connectivity index (χ1v) is 9.47. The predicted molar refractivity (Wildman–Crippen MR) is 107 cm³/mol. The Balaban J connectivity index is 1.83. The van der Waals surface area contributed by atoms with Crippen LogP contribution in [0.25, 0.3) is 0 Å². The summed E-state index contributed by atoms with van der Waals surface area (Å²) < 4.78 is 0. The number of nitrogens with two attached hydrogens (primary N) is 1. The molecule has 8 nitrogen and oxygen atoms in total. The monoisotopic (exact) mass is 388 g/mol. The Morgan fingerprint density at radius 2 is 2.07 bits per heavy atom. The average Bonchev–Trinajstić information content (AvgIpc) is 3.09. The third-order valence-electron chi connectivity index (χ3n) is 4.31. The second-order valence-electron chi connectivity index (χ2n) is 7.19. The highest BCUT2D eigenvalue weighted by atomic mass is 16.6. The van der Waals surface area contributed by atoms with Gasteiger partial charge >= 0.3 is 5.97 Å². The zero-order chi connectivity index (χ0) is 20.5. The SMILES string of the molecule is CC(C)CCN=C(N)c1ccc(C2=NO[C@@H](CC(=O)NCCC(=O)O)C2)cc1. The summed E-state index contributed by atoms with van der Waals surface area (Å²) in [5.41, 5.74) is 8.57. The molecule has 8 heteroatoms. The molecule has 1 heterocycles. The van der Waals surface area contributed by atoms with E-state index in [9.17, 15) is 9.59 Å². The van der Waals surface area contributed by atoms with Gasteiger partial charge in [0.25, 0.3) is 0 Å². The number of oxime groups is 1. The third kappa shape index (κ3) is 7.02. The number of carboxylic acids is 1. The molecule has 1 atom stereocenters. The number of carbonyl (C=O) groups excluding carboxylic acids is 1. The van der Waals surface area contributed by atoms with E-state index in [1.807, 2.05) is 24.3 Å². The van der Waals surface area contributed by atoms with E-state index in [-0.39, 0.29) is 31.4 Å². The Hall–Kier alpha value is -2.90. The van der Waals surface area contributed by atoms with E-state index in [1.54, 1.807) is 0 Å². The van der Waals surface area contributed by atoms with Crippen LogP contribution in [0.3, 0.4) is 0 Å². The molecule has 0 saturated heterocycles. The number of nitrogens with one attached hydrogen (secondary N) is 1. The van der Waals surface area contributed by atoms with Crippen molar-refractivity contribution in [3.05, 3.63) is 35.4 Å². The fourth-order valence-corrected chi connectivity index (χ4v) is 2.66. The maximum atomic E-state index is 11.8. The van der Waals surface area contributed by atoms with Crippen LogP contribution in [0, 0.1) is 5.92 Å². The minimum atomic E-state index is -0.947. The topological polar surface area (TPSA) is 126 Å². The van der Waals surface area contributed by atoms with Gasteiger partial charge in [-0.15, -0.1) is 0 Å². The van der Waals surface area contributed by atoms with Gasteiger partial charge in [0.1, 0.15) is 11.9 Å². The summed E-state index contributed by atoms with van der Waals surface area (Å²) in [6, 6.07) is 7.63. The van der Waals surface area contributed by atoms with Crippen LogP contribution in [-0.2, 0) is 14.4 Å². The summed E-state index contributed by atoms with van der Waals surface area (Å²) in [7, 11) is 0. The molecule has 1 aromatic carbocycles. The van der Waals surface area contributed by atoms with E-state index in [0.29, 0.717) is 24.7 Å². The lowest BCUT2D eigenvalue weighted by Crippen LogP contribution is -2.29. The van der Waals surface area contributed by atoms with Crippen molar-refractivity contribution in [3.63, 3.8) is 0 Å². The molecular formula is C20H28N4O4. The van der Waals surface area contributed by atoms with Crippen LogP contribution in [0.15, 0.2) is 34.4 Å². The summed E-state index contributed by atoms with van der Waals surface area (Å²) >= 11 is 0. The zero-order valence-electron chi connectivity index (χ0n) is 16.4. The highest BCUT2D eigenvalue weighted by Gasteiger charge is 2.24. The Kier molecular flexibility index (Phi) is 7.98. The Labute approximate surface area is 164 Å². The minimum absolute atomic E-state index is 0.102. The van der Waals surface area contributed by atoms with Gasteiger partial charge in [-0.25, -0.2) is 0 Å². The molecule has 0 spiro atoms. The second kappa shape index (κ2) is 10.4. The first kappa shape index (κ1) is 21.4. The highest BCUT2D eigenvalue weighted by Crippen LogP contribution is 2.19. The van der Waals surface area contributed by atoms with Gasteiger partial charge in [-0.1, -0.05) is 43.3 Å². The molecule has 0 aliphatic carbocycles. The van der Waals surface area contributed by atoms with Crippen molar-refractivity contribution in [3.8, 4) is 0 Å². The summed E-state index contributed by atoms with van der Waals surface area (Å²) in [4.78, 5) is 32.0. The standard InChI is InChI=1S/C20H28N4O4/c1-13(2)7-9-23-20(21)15-5-3-14(4-6-15)17-11-16(28-24-17)12-18(25)22-10-8-19(26)27/h3-6,13,16H,7-12H2,1-2H3,(H2,21,23)(H,22,25)(H,26,27)/t16-/m1/s1. The molecule has 0 bridgehead atoms. The Bertz CT molecular complexity index is 741. The van der Waals surface area contributed by atoms with E-state index in [1.165, 1.54) is 0 Å². The molecule has 0 aromatic heterocycles. The normalized spacial score (nSPS) is 16.6. The maximum Gasteiger partial charge on any atom is 0.305 e. The van der Waals surface area contributed by atoms with Crippen LogP contribution in [0.1, 0.15) is 50.7 Å². The van der Waals surface area contributed by atoms with Crippen LogP contribution in [0.4, 0.5) is 0 Å². The number of amides is 1. The Morgan fingerprint density at radius 1 is 1.36 bits per heavy atom. The predicted octanol–water partition coefficient (Wildman–Crippen LogP) is 1.91. The molecule has 152 valence electrons. The fourth-order valence-electron chi connectivity index (χ4n) is 2.66. The van der Waals surface area contributed by atoms with E-state index in [2.05, 4.69) is 29.3 Å². The van der Waals surface area contributed by atoms with E-state index < -0.39 is 5.97 Å². The first-order valence-electron chi connectivity index (χ1n) is 9.47. The Morgan fingerprint density at radius 3 is 2.71 bits per heavy atom. The van der Waals surface area contributed by atoms with Crippen LogP contribution in [-0.4, -0.2) is 47.7 Å². The largest absolute Gasteiger partial charge is 0.481 e. The molecule has 1 aliphatic heterocycles. The third-order valence-corrected chi connectivity index (χ3v) is 4.31. The van der Waals surface area contributed by atoms with E-state index in [0.717, 1.165) is 23.3 Å². The lowest BCUT2D eigenvalue weighted by molar-refractivity contribution is -0.136. The van der Waals surface area contributed by atoms with Gasteiger partial charge in [-0.05, 0) is 17.9 Å². The zero-order valence-corrected chi connectivity index (χ0v) is 16.4. The van der Waals surface area contributed by atoms with Crippen molar-refractivity contribution < 1.29 is 19.5 Å². The number of hydrogen-bond donors (Lipinski definition) is 3. The minimum Gasteiger partial charge on any atom is -0.481 e. The summed E-state index contributed by atoms with van der Waals surface area (Å²) in [5, 5.41) is 15.2. The van der Waals surface area contributed by atoms with Gasteiger partial charge < -0.3 is 21.0 Å². The lowest BCUT2D eigenvalue weighted by Gasteiger charge is -2.08. The van der Waals surface area contributed by atoms with Gasteiger partial charge in [-0.2, -0.15) is 0 Å². The molecule has 1 amide bonds. The molecule has 4 N–H and O–H groups in total. The number of nitrogens with zero attached hydrogens (tertiary/aromatic N) is 2. The second-order valence-corrected chi connectivity index (χ2v) is 7.19. The molecular weight excluding hydrogens is 360 g/mol. The van der Waals surface area contributed by atoms with Crippen molar-refractivity contribution >= 4 is 23.4 Å². The van der Waals surface area contributed by atoms with Crippen LogP contribution in [0.5, 0.6) is 0 Å². The number of aliphatic imine (C=N–C) groups is 1. The number of carboxylic acid groups (broad SMARTS) is 1. The molecule has 1 aliphatic rings. The number of hydrogen-bond acceptors (Lipinski definition) is 5. The fraction of sp³-hybridized carbons (Fsp3) is 0.500. The van der Waals surface area contributed by atoms with E-state index >= 15 is 0 Å². The summed E-state index contributed by atoms with van der Waals surface area (Å²) in [6.45, 7) is 5.12. The lowest BCUT2D eigenvalue weighted by atomic mass is 10.0. The van der Waals surface area contributed by atoms with Gasteiger partial charge in [0.15, 0.2) is 0 Å². The molecule has 0 fully saturated rings. The molecule has 0 unspecified atom stereocenters. The summed E-state index contributed by atoms with van der Waals surface area (Å²) in [6.07, 6.45) is 1.21. The number of benzene rings is 1. The van der Waals surface area contributed by atoms with Crippen molar-refractivity contribution in [2.45, 2.75) is 45.6 Å². The van der Waals surface area contributed by atoms with Gasteiger partial charge in [0.05, 0.1) is 18.6 Å². The summed E-state index contributed by atoms with van der Waals surface area (Å²) in [5.74, 6) is -0.0836. The molecule has 28 heavy (non-hydrogen) atoms. The quantitative estimate of drug-likeness (QED) is 0.417. The van der Waals surface area contributed by atoms with Gasteiger partial charge in [0.2, 0.25) is 5.91 Å². The molecule has 1 aromatic rings. The molecule has 0 saturated carbocycles. The molecule has 0 radical (unpaired) electrons. The van der Waals surface area contributed by atoms with Crippen molar-refractivity contribution in [1.82, 2.24) is 5.32 Å². The van der Waals surface area contributed by atoms with Crippen LogP contribution in [0.2, 0.25) is 0 Å². The average molecular weight is 388 g/mol. The van der Waals surface area contributed by atoms with Crippen molar-refractivity contribution in [1.29, 1.82) is 0 Å². The number of carbonyl (C=O) groups is 2.